The first kappa shape index (κ1) is 5.56. The Labute approximate surface area is 61.5 Å². The first-order valence-corrected chi connectivity index (χ1v) is 4.50. The minimum absolute atomic E-state index is 1.07. The quantitative estimate of drug-likeness (QED) is 0.570. The van der Waals surface area contributed by atoms with Crippen LogP contribution < -0.4 is 0 Å². The Balaban J connectivity index is 2.54. The van der Waals surface area contributed by atoms with E-state index in [-0.39, 0.29) is 0 Å². The summed E-state index contributed by atoms with van der Waals surface area (Å²) in [5.74, 6) is 0. The second kappa shape index (κ2) is 2.19. The molecular weight excluding hydrogens is 152 g/mol. The van der Waals surface area contributed by atoms with Gasteiger partial charge in [-0.05, 0) is 0 Å². The lowest BCUT2D eigenvalue weighted by molar-refractivity contribution is 0.930. The molecule has 4 heteroatoms. The van der Waals surface area contributed by atoms with Crippen LogP contribution in [0, 0.1) is 0 Å². The molecule has 0 saturated heterocycles. The summed E-state index contributed by atoms with van der Waals surface area (Å²) in [7, 11) is 0. The van der Waals surface area contributed by atoms with E-state index in [4.69, 9.17) is 0 Å². The fraction of sp³-hybridized carbons (Fsp3) is 0.200. The van der Waals surface area contributed by atoms with Crippen LogP contribution in [0.2, 0.25) is 0 Å². The molecule has 0 N–H and O–H groups in total. The number of aromatic nitrogens is 2. The fourth-order valence-corrected chi connectivity index (χ4v) is 2.76. The van der Waals surface area contributed by atoms with Crippen LogP contribution in [0.15, 0.2) is 22.4 Å². The minimum atomic E-state index is 1.07. The van der Waals surface area contributed by atoms with Crippen LogP contribution in [0.4, 0.5) is 0 Å². The Kier molecular flexibility index (Phi) is 1.35. The summed E-state index contributed by atoms with van der Waals surface area (Å²) in [5, 5.41) is 3.24. The molecule has 0 bridgehead atoms. The summed E-state index contributed by atoms with van der Waals surface area (Å²) in [6.07, 6.45) is 3.47. The standard InChI is InChI=1S/C5H4N2S2/c1-2-7-5-4(6-1)8-3-9-5/h1-2H,3H2. The van der Waals surface area contributed by atoms with Gasteiger partial charge in [-0.2, -0.15) is 0 Å². The van der Waals surface area contributed by atoms with Crippen LogP contribution in [0.25, 0.3) is 0 Å². The number of thioether (sulfide) groups is 2. The molecule has 1 aliphatic heterocycles. The second-order valence-corrected chi connectivity index (χ2v) is 3.87. The molecular formula is C5H4N2S2. The molecule has 0 aromatic carbocycles. The zero-order valence-electron chi connectivity index (χ0n) is 4.57. The van der Waals surface area contributed by atoms with Gasteiger partial charge in [0.05, 0.1) is 5.08 Å². The van der Waals surface area contributed by atoms with Crippen molar-refractivity contribution in [3.63, 3.8) is 0 Å². The molecule has 0 fully saturated rings. The van der Waals surface area contributed by atoms with Gasteiger partial charge in [0.25, 0.3) is 0 Å². The first-order valence-electron chi connectivity index (χ1n) is 2.53. The van der Waals surface area contributed by atoms with Crippen molar-refractivity contribution in [3.05, 3.63) is 12.4 Å². The topological polar surface area (TPSA) is 25.8 Å². The van der Waals surface area contributed by atoms with Gasteiger partial charge in [0.2, 0.25) is 0 Å². The maximum atomic E-state index is 4.14. The van der Waals surface area contributed by atoms with Gasteiger partial charge >= 0.3 is 0 Å². The van der Waals surface area contributed by atoms with Gasteiger partial charge in [-0.15, -0.1) is 0 Å². The van der Waals surface area contributed by atoms with Gasteiger partial charge in [-0.3, -0.25) is 0 Å². The van der Waals surface area contributed by atoms with Crippen molar-refractivity contribution in [3.8, 4) is 0 Å². The third kappa shape index (κ3) is 0.923. The number of hydrogen-bond donors (Lipinski definition) is 0. The summed E-state index contributed by atoms with van der Waals surface area (Å²) in [5.41, 5.74) is 0. The molecule has 0 aliphatic carbocycles. The molecule has 2 heterocycles. The monoisotopic (exact) mass is 156 g/mol. The Bertz CT molecular complexity index is 203. The highest BCUT2D eigenvalue weighted by atomic mass is 32.2. The second-order valence-electron chi connectivity index (χ2n) is 1.57. The zero-order chi connectivity index (χ0) is 6.10. The Morgan fingerprint density at radius 1 is 1.11 bits per heavy atom. The van der Waals surface area contributed by atoms with E-state index in [9.17, 15) is 0 Å². The van der Waals surface area contributed by atoms with Crippen molar-refractivity contribution < 1.29 is 0 Å². The molecule has 0 unspecified atom stereocenters. The Hall–Kier alpha value is -0.220. The molecule has 46 valence electrons. The van der Waals surface area contributed by atoms with Crippen LogP contribution in [0.5, 0.6) is 0 Å². The van der Waals surface area contributed by atoms with Crippen LogP contribution in [0.1, 0.15) is 0 Å². The van der Waals surface area contributed by atoms with E-state index in [1.54, 1.807) is 35.9 Å². The highest BCUT2D eigenvalue weighted by molar-refractivity contribution is 8.18. The van der Waals surface area contributed by atoms with Crippen LogP contribution in [0.3, 0.4) is 0 Å². The molecule has 0 atom stereocenters. The van der Waals surface area contributed by atoms with Crippen molar-refractivity contribution >= 4 is 23.5 Å². The van der Waals surface area contributed by atoms with Gasteiger partial charge < -0.3 is 0 Å². The molecule has 0 spiro atoms. The predicted molar refractivity (Wildman–Crippen MR) is 38.6 cm³/mol. The van der Waals surface area contributed by atoms with Gasteiger partial charge in [0.15, 0.2) is 0 Å². The van der Waals surface area contributed by atoms with E-state index in [1.807, 2.05) is 0 Å². The highest BCUT2D eigenvalue weighted by Crippen LogP contribution is 2.37. The minimum Gasteiger partial charge on any atom is -0.245 e. The van der Waals surface area contributed by atoms with Crippen molar-refractivity contribution in [2.45, 2.75) is 10.1 Å². The number of rotatable bonds is 0. The molecule has 0 radical (unpaired) electrons. The average Bonchev–Trinajstić information content (AvgIpc) is 2.33. The molecule has 0 saturated carbocycles. The summed E-state index contributed by atoms with van der Waals surface area (Å²) in [6.45, 7) is 0. The van der Waals surface area contributed by atoms with Gasteiger partial charge in [0.1, 0.15) is 10.1 Å². The fourth-order valence-electron chi connectivity index (χ4n) is 0.652. The van der Waals surface area contributed by atoms with Crippen LogP contribution in [-0.2, 0) is 0 Å². The van der Waals surface area contributed by atoms with Crippen molar-refractivity contribution in [1.29, 1.82) is 0 Å². The number of fused-ring (bicyclic) bond motifs is 1. The predicted octanol–water partition coefficient (Wildman–Crippen LogP) is 1.63. The smallest absolute Gasteiger partial charge is 0.129 e. The first-order chi connectivity index (χ1) is 4.47. The van der Waals surface area contributed by atoms with E-state index < -0.39 is 0 Å². The average molecular weight is 156 g/mol. The zero-order valence-corrected chi connectivity index (χ0v) is 6.21. The van der Waals surface area contributed by atoms with Crippen molar-refractivity contribution in [1.82, 2.24) is 9.97 Å². The van der Waals surface area contributed by atoms with E-state index in [1.165, 1.54) is 0 Å². The van der Waals surface area contributed by atoms with Crippen molar-refractivity contribution in [2.24, 2.45) is 0 Å². The van der Waals surface area contributed by atoms with E-state index in [0.717, 1.165) is 15.1 Å². The van der Waals surface area contributed by atoms with E-state index in [0.29, 0.717) is 0 Å². The van der Waals surface area contributed by atoms with E-state index in [2.05, 4.69) is 9.97 Å². The number of hydrogen-bond acceptors (Lipinski definition) is 4. The summed E-state index contributed by atoms with van der Waals surface area (Å²) < 4.78 is 0. The molecule has 1 aromatic rings. The largest absolute Gasteiger partial charge is 0.245 e. The lowest BCUT2D eigenvalue weighted by atomic mass is 10.8. The molecule has 1 aromatic heterocycles. The highest BCUT2D eigenvalue weighted by Gasteiger charge is 2.12. The summed E-state index contributed by atoms with van der Waals surface area (Å²) in [4.78, 5) is 8.28. The Morgan fingerprint density at radius 3 is 2.22 bits per heavy atom. The van der Waals surface area contributed by atoms with Crippen molar-refractivity contribution in [2.75, 3.05) is 5.08 Å². The third-order valence-electron chi connectivity index (χ3n) is 1.02. The molecule has 1 aliphatic rings. The number of nitrogens with zero attached hydrogens (tertiary/aromatic N) is 2. The SMILES string of the molecule is c1cnc2c(n1)SCS2. The van der Waals surface area contributed by atoms with Gasteiger partial charge in [-0.1, -0.05) is 23.5 Å². The molecule has 9 heavy (non-hydrogen) atoms. The third-order valence-corrected chi connectivity index (χ3v) is 3.24. The maximum absolute atomic E-state index is 4.14. The summed E-state index contributed by atoms with van der Waals surface area (Å²) in [6, 6.07) is 0. The van der Waals surface area contributed by atoms with Gasteiger partial charge in [-0.25, -0.2) is 9.97 Å². The molecule has 0 amide bonds. The molecule has 2 nitrogen and oxygen atoms in total. The van der Waals surface area contributed by atoms with E-state index >= 15 is 0 Å². The normalized spacial score (nSPS) is 15.6. The van der Waals surface area contributed by atoms with Gasteiger partial charge in [0, 0.05) is 12.4 Å². The summed E-state index contributed by atoms with van der Waals surface area (Å²) >= 11 is 3.51. The maximum Gasteiger partial charge on any atom is 0.129 e. The molecule has 2 rings (SSSR count). The lowest BCUT2D eigenvalue weighted by Crippen LogP contribution is -1.79. The Morgan fingerprint density at radius 2 is 1.67 bits per heavy atom. The lowest BCUT2D eigenvalue weighted by Gasteiger charge is -1.88. The van der Waals surface area contributed by atoms with Crippen LogP contribution in [-0.4, -0.2) is 15.1 Å². The van der Waals surface area contributed by atoms with Crippen LogP contribution >= 0.6 is 23.5 Å².